The highest BCUT2D eigenvalue weighted by atomic mass is 16.5. The Morgan fingerprint density at radius 3 is 2.76 bits per heavy atom. The molecule has 0 radical (unpaired) electrons. The number of aromatic nitrogens is 2. The lowest BCUT2D eigenvalue weighted by molar-refractivity contribution is -0.166. The van der Waals surface area contributed by atoms with Crippen LogP contribution in [-0.4, -0.2) is 57.0 Å². The number of nitrogens with zero attached hydrogens (tertiary/aromatic N) is 3. The molecule has 3 rings (SSSR count). The number of carboxylic acids is 1. The molecule has 7 heteroatoms. The summed E-state index contributed by atoms with van der Waals surface area (Å²) in [5.74, 6) is -1.10. The van der Waals surface area contributed by atoms with Gasteiger partial charge in [-0.25, -0.2) is 9.48 Å². The molecule has 132 valence electrons. The highest BCUT2D eigenvalue weighted by Gasteiger charge is 2.32. The molecule has 25 heavy (non-hydrogen) atoms. The van der Waals surface area contributed by atoms with Gasteiger partial charge in [0, 0.05) is 19.2 Å². The lowest BCUT2D eigenvalue weighted by Crippen LogP contribution is -2.51. The Labute approximate surface area is 145 Å². The minimum Gasteiger partial charge on any atom is -0.479 e. The summed E-state index contributed by atoms with van der Waals surface area (Å²) in [5.41, 5.74) is 1.93. The van der Waals surface area contributed by atoms with E-state index in [0.29, 0.717) is 19.4 Å². The second-order valence-electron chi connectivity index (χ2n) is 6.20. The Morgan fingerprint density at radius 1 is 1.28 bits per heavy atom. The predicted molar refractivity (Wildman–Crippen MR) is 90.4 cm³/mol. The molecule has 1 aliphatic heterocycles. The van der Waals surface area contributed by atoms with Crippen LogP contribution in [-0.2, 0) is 20.7 Å². The van der Waals surface area contributed by atoms with Crippen molar-refractivity contribution in [3.63, 3.8) is 0 Å². The fourth-order valence-corrected chi connectivity index (χ4v) is 2.91. The second kappa shape index (κ2) is 7.48. The third kappa shape index (κ3) is 4.24. The molecular formula is C18H21N3O4. The molecule has 1 aromatic carbocycles. The summed E-state index contributed by atoms with van der Waals surface area (Å²) in [6.45, 7) is 2.30. The van der Waals surface area contributed by atoms with Crippen molar-refractivity contribution in [1.82, 2.24) is 14.7 Å². The molecule has 7 nitrogen and oxygen atoms in total. The maximum absolute atomic E-state index is 12.4. The molecule has 2 heterocycles. The number of benzene rings is 1. The van der Waals surface area contributed by atoms with Gasteiger partial charge in [-0.15, -0.1) is 0 Å². The molecular weight excluding hydrogens is 322 g/mol. The van der Waals surface area contributed by atoms with Crippen molar-refractivity contribution < 1.29 is 19.4 Å². The number of amides is 1. The van der Waals surface area contributed by atoms with Crippen LogP contribution in [0.2, 0.25) is 0 Å². The highest BCUT2D eigenvalue weighted by Crippen LogP contribution is 2.14. The Morgan fingerprint density at radius 2 is 2.04 bits per heavy atom. The summed E-state index contributed by atoms with van der Waals surface area (Å²) >= 11 is 0. The van der Waals surface area contributed by atoms with Crippen LogP contribution in [0.15, 0.2) is 42.7 Å². The van der Waals surface area contributed by atoms with Crippen LogP contribution in [0.25, 0.3) is 5.69 Å². The maximum Gasteiger partial charge on any atom is 0.334 e. The number of hydrogen-bond acceptors (Lipinski definition) is 4. The number of morpholine rings is 1. The Kier molecular flexibility index (Phi) is 5.14. The molecule has 0 saturated carbocycles. The van der Waals surface area contributed by atoms with Crippen LogP contribution in [0.1, 0.15) is 18.9 Å². The van der Waals surface area contributed by atoms with Crippen molar-refractivity contribution in [3.8, 4) is 5.69 Å². The summed E-state index contributed by atoms with van der Waals surface area (Å²) in [4.78, 5) is 25.1. The van der Waals surface area contributed by atoms with Crippen molar-refractivity contribution in [2.45, 2.75) is 32.0 Å². The average molecular weight is 343 g/mol. The van der Waals surface area contributed by atoms with Crippen LogP contribution < -0.4 is 0 Å². The van der Waals surface area contributed by atoms with E-state index in [1.54, 1.807) is 22.7 Å². The first-order valence-corrected chi connectivity index (χ1v) is 8.28. The van der Waals surface area contributed by atoms with Crippen LogP contribution in [0.5, 0.6) is 0 Å². The van der Waals surface area contributed by atoms with E-state index >= 15 is 0 Å². The van der Waals surface area contributed by atoms with Crippen LogP contribution >= 0.6 is 0 Å². The van der Waals surface area contributed by atoms with Crippen molar-refractivity contribution in [2.24, 2.45) is 0 Å². The van der Waals surface area contributed by atoms with Gasteiger partial charge in [0.2, 0.25) is 5.91 Å². The normalized spacial score (nSPS) is 20.4. The minimum absolute atomic E-state index is 0.0612. The summed E-state index contributed by atoms with van der Waals surface area (Å²) in [6.07, 6.45) is 3.31. The molecule has 2 aromatic rings. The van der Waals surface area contributed by atoms with Gasteiger partial charge < -0.3 is 14.7 Å². The zero-order chi connectivity index (χ0) is 17.8. The summed E-state index contributed by atoms with van der Waals surface area (Å²) in [7, 11) is 0. The van der Waals surface area contributed by atoms with Gasteiger partial charge in [0.1, 0.15) is 0 Å². The number of ether oxygens (including phenoxy) is 1. The number of rotatable bonds is 5. The third-order valence-corrected chi connectivity index (χ3v) is 4.17. The molecule has 1 fully saturated rings. The van der Waals surface area contributed by atoms with Gasteiger partial charge in [0.15, 0.2) is 6.10 Å². The van der Waals surface area contributed by atoms with Crippen molar-refractivity contribution >= 4 is 11.9 Å². The van der Waals surface area contributed by atoms with Gasteiger partial charge in [-0.05, 0) is 31.0 Å². The summed E-state index contributed by atoms with van der Waals surface area (Å²) in [6, 6.07) is 9.75. The predicted octanol–water partition coefficient (Wildman–Crippen LogP) is 1.51. The Bertz CT molecular complexity index is 744. The first kappa shape index (κ1) is 17.2. The van der Waals surface area contributed by atoms with Gasteiger partial charge in [0.05, 0.1) is 24.5 Å². The van der Waals surface area contributed by atoms with Gasteiger partial charge in [-0.2, -0.15) is 5.10 Å². The van der Waals surface area contributed by atoms with E-state index in [9.17, 15) is 9.59 Å². The topological polar surface area (TPSA) is 84.7 Å². The largest absolute Gasteiger partial charge is 0.479 e. The highest BCUT2D eigenvalue weighted by molar-refractivity contribution is 5.79. The van der Waals surface area contributed by atoms with Crippen LogP contribution in [0.3, 0.4) is 0 Å². The van der Waals surface area contributed by atoms with E-state index in [1.807, 2.05) is 36.5 Å². The number of aliphatic carboxylic acids is 1. The molecule has 2 atom stereocenters. The maximum atomic E-state index is 12.4. The fraction of sp³-hybridized carbons (Fsp3) is 0.389. The Balaban J connectivity index is 1.57. The number of aryl methyl sites for hydroxylation is 1. The number of para-hydroxylation sites is 1. The van der Waals surface area contributed by atoms with E-state index in [4.69, 9.17) is 9.84 Å². The molecule has 0 spiro atoms. The summed E-state index contributed by atoms with van der Waals surface area (Å²) < 4.78 is 7.11. The molecule has 1 N–H and O–H groups in total. The zero-order valence-electron chi connectivity index (χ0n) is 14.0. The van der Waals surface area contributed by atoms with Crippen molar-refractivity contribution in [2.75, 3.05) is 13.1 Å². The molecule has 1 amide bonds. The number of carboxylic acid groups (broad SMARTS) is 1. The van der Waals surface area contributed by atoms with Gasteiger partial charge in [-0.1, -0.05) is 18.2 Å². The number of carbonyl (C=O) groups is 2. The molecule has 1 unspecified atom stereocenters. The Hall–Kier alpha value is -2.67. The van der Waals surface area contributed by atoms with Gasteiger partial charge in [-0.3, -0.25) is 4.79 Å². The van der Waals surface area contributed by atoms with Gasteiger partial charge >= 0.3 is 5.97 Å². The van der Waals surface area contributed by atoms with Crippen LogP contribution in [0, 0.1) is 0 Å². The molecule has 1 aliphatic rings. The van der Waals surface area contributed by atoms with E-state index in [0.717, 1.165) is 11.3 Å². The number of hydrogen-bond donors (Lipinski definition) is 1. The standard InChI is InChI=1S/C18H21N3O4/c1-13-10-20(12-16(25-13)18(23)24)17(22)8-7-14-9-19-21(11-14)15-5-3-2-4-6-15/h2-6,9,11,13,16H,7-8,10,12H2,1H3,(H,23,24)/t13-,16?/m1/s1. The number of carbonyl (C=O) groups excluding carboxylic acids is 1. The average Bonchev–Trinajstić information content (AvgIpc) is 3.09. The third-order valence-electron chi connectivity index (χ3n) is 4.17. The quantitative estimate of drug-likeness (QED) is 0.889. The first-order valence-electron chi connectivity index (χ1n) is 8.28. The van der Waals surface area contributed by atoms with E-state index in [-0.39, 0.29) is 18.6 Å². The molecule has 1 aromatic heterocycles. The van der Waals surface area contributed by atoms with Gasteiger partial charge in [0.25, 0.3) is 0 Å². The smallest absolute Gasteiger partial charge is 0.334 e. The molecule has 1 saturated heterocycles. The van der Waals surface area contributed by atoms with Crippen molar-refractivity contribution in [1.29, 1.82) is 0 Å². The lowest BCUT2D eigenvalue weighted by atomic mass is 10.1. The SMILES string of the molecule is C[C@@H]1CN(C(=O)CCc2cnn(-c3ccccc3)c2)CC(C(=O)O)O1. The minimum atomic E-state index is -1.03. The lowest BCUT2D eigenvalue weighted by Gasteiger charge is -2.35. The monoisotopic (exact) mass is 343 g/mol. The second-order valence-corrected chi connectivity index (χ2v) is 6.20. The fourth-order valence-electron chi connectivity index (χ4n) is 2.91. The van der Waals surface area contributed by atoms with E-state index < -0.39 is 12.1 Å². The first-order chi connectivity index (χ1) is 12.0. The summed E-state index contributed by atoms with van der Waals surface area (Å²) in [5, 5.41) is 13.4. The molecule has 0 bridgehead atoms. The van der Waals surface area contributed by atoms with E-state index in [1.165, 1.54) is 0 Å². The van der Waals surface area contributed by atoms with Crippen molar-refractivity contribution in [3.05, 3.63) is 48.3 Å². The van der Waals surface area contributed by atoms with E-state index in [2.05, 4.69) is 5.10 Å². The molecule has 0 aliphatic carbocycles. The van der Waals surface area contributed by atoms with Crippen LogP contribution in [0.4, 0.5) is 0 Å². The zero-order valence-corrected chi connectivity index (χ0v) is 14.0.